The summed E-state index contributed by atoms with van der Waals surface area (Å²) in [5.74, 6) is 0. The van der Waals surface area contributed by atoms with Crippen molar-refractivity contribution in [1.29, 1.82) is 5.26 Å². The van der Waals surface area contributed by atoms with E-state index in [4.69, 9.17) is 11.8 Å². The summed E-state index contributed by atoms with van der Waals surface area (Å²) in [5, 5.41) is 8.87. The maximum absolute atomic E-state index is 8.87. The molecule has 104 valence electrons. The van der Waals surface area contributed by atoms with Gasteiger partial charge >= 0.3 is 0 Å². The normalized spacial score (nSPS) is 9.95. The van der Waals surface area contributed by atoms with E-state index in [0.717, 1.165) is 25.4 Å². The fraction of sp³-hybridized carbons (Fsp3) is 0. The lowest BCUT2D eigenvalue weighted by atomic mass is 10.1. The van der Waals surface area contributed by atoms with Gasteiger partial charge in [0.1, 0.15) is 0 Å². The minimum atomic E-state index is 0.645. The van der Waals surface area contributed by atoms with Crippen LogP contribution < -0.4 is 0 Å². The number of rotatable bonds is 2. The summed E-state index contributed by atoms with van der Waals surface area (Å²) in [6.45, 7) is 7.00. The SMILES string of the molecule is [C-]#[N+]c1ccc(-c2cc(Br)c(-c3ccc(C#N)cc3)s2)cc1. The molecule has 0 atom stereocenters. The molecule has 0 radical (unpaired) electrons. The monoisotopic (exact) mass is 364 g/mol. The standard InChI is InChI=1S/C18H9BrN2S/c1-21-15-8-6-13(7-9-15)17-10-16(19)18(22-17)14-4-2-12(11-20)3-5-14/h2-10H. The summed E-state index contributed by atoms with van der Waals surface area (Å²) < 4.78 is 1.03. The highest BCUT2D eigenvalue weighted by Gasteiger charge is 2.10. The van der Waals surface area contributed by atoms with E-state index in [-0.39, 0.29) is 0 Å². The van der Waals surface area contributed by atoms with Crippen LogP contribution in [-0.4, -0.2) is 0 Å². The highest BCUT2D eigenvalue weighted by atomic mass is 79.9. The Balaban J connectivity index is 1.99. The Kier molecular flexibility index (Phi) is 4.06. The molecule has 0 aliphatic carbocycles. The third-order valence-corrected chi connectivity index (χ3v) is 5.36. The minimum absolute atomic E-state index is 0.645. The summed E-state index contributed by atoms with van der Waals surface area (Å²) in [4.78, 5) is 5.68. The van der Waals surface area contributed by atoms with Gasteiger partial charge in [-0.15, -0.1) is 11.3 Å². The van der Waals surface area contributed by atoms with E-state index in [1.54, 1.807) is 11.3 Å². The largest absolute Gasteiger partial charge is 0.238 e. The average Bonchev–Trinajstić information content (AvgIpc) is 2.97. The fourth-order valence-corrected chi connectivity index (χ4v) is 4.02. The van der Waals surface area contributed by atoms with Crippen LogP contribution >= 0.6 is 27.3 Å². The second kappa shape index (κ2) is 6.15. The van der Waals surface area contributed by atoms with Crippen molar-refractivity contribution in [2.75, 3.05) is 0 Å². The molecule has 0 spiro atoms. The maximum Gasteiger partial charge on any atom is 0.187 e. The van der Waals surface area contributed by atoms with Gasteiger partial charge in [0, 0.05) is 14.2 Å². The van der Waals surface area contributed by atoms with Crippen LogP contribution in [0.1, 0.15) is 5.56 Å². The molecule has 0 bridgehead atoms. The van der Waals surface area contributed by atoms with Crippen molar-refractivity contribution in [2.45, 2.75) is 0 Å². The van der Waals surface area contributed by atoms with Gasteiger partial charge in [0.15, 0.2) is 5.69 Å². The molecular formula is C18H9BrN2S. The Morgan fingerprint density at radius 2 is 1.64 bits per heavy atom. The van der Waals surface area contributed by atoms with Gasteiger partial charge in [-0.2, -0.15) is 5.26 Å². The number of halogens is 1. The molecule has 22 heavy (non-hydrogen) atoms. The van der Waals surface area contributed by atoms with Gasteiger partial charge in [0.2, 0.25) is 0 Å². The van der Waals surface area contributed by atoms with Crippen LogP contribution in [0.4, 0.5) is 5.69 Å². The summed E-state index contributed by atoms with van der Waals surface area (Å²) in [6.07, 6.45) is 0. The Morgan fingerprint density at radius 3 is 2.23 bits per heavy atom. The molecule has 0 saturated heterocycles. The van der Waals surface area contributed by atoms with Crippen molar-refractivity contribution in [3.8, 4) is 27.0 Å². The van der Waals surface area contributed by atoms with E-state index in [9.17, 15) is 0 Å². The summed E-state index contributed by atoms with van der Waals surface area (Å²) in [6, 6.07) is 19.4. The number of hydrogen-bond donors (Lipinski definition) is 0. The van der Waals surface area contributed by atoms with Crippen LogP contribution in [0.25, 0.3) is 25.7 Å². The van der Waals surface area contributed by atoms with Crippen LogP contribution in [0, 0.1) is 17.9 Å². The van der Waals surface area contributed by atoms with Gasteiger partial charge in [0.25, 0.3) is 0 Å². The zero-order chi connectivity index (χ0) is 15.5. The highest BCUT2D eigenvalue weighted by Crippen LogP contribution is 2.41. The topological polar surface area (TPSA) is 28.1 Å². The van der Waals surface area contributed by atoms with Gasteiger partial charge in [-0.05, 0) is 45.3 Å². The van der Waals surface area contributed by atoms with Gasteiger partial charge in [0.05, 0.1) is 18.2 Å². The molecular weight excluding hydrogens is 356 g/mol. The van der Waals surface area contributed by atoms with Gasteiger partial charge < -0.3 is 0 Å². The smallest absolute Gasteiger partial charge is 0.187 e. The van der Waals surface area contributed by atoms with E-state index in [1.807, 2.05) is 48.5 Å². The van der Waals surface area contributed by atoms with Crippen LogP contribution in [0.5, 0.6) is 0 Å². The van der Waals surface area contributed by atoms with Gasteiger partial charge in [-0.25, -0.2) is 4.85 Å². The van der Waals surface area contributed by atoms with E-state index in [1.165, 1.54) is 0 Å². The third-order valence-electron chi connectivity index (χ3n) is 3.24. The van der Waals surface area contributed by atoms with E-state index in [2.05, 4.69) is 32.9 Å². The number of nitriles is 1. The molecule has 0 aliphatic rings. The van der Waals surface area contributed by atoms with Crippen molar-refractivity contribution in [2.24, 2.45) is 0 Å². The Morgan fingerprint density at radius 1 is 1.00 bits per heavy atom. The number of benzene rings is 2. The molecule has 0 unspecified atom stereocenters. The first-order valence-corrected chi connectivity index (χ1v) is 8.10. The van der Waals surface area contributed by atoms with Crippen molar-refractivity contribution in [3.05, 3.63) is 76.1 Å². The molecule has 0 fully saturated rings. The Labute approximate surface area is 141 Å². The van der Waals surface area contributed by atoms with Gasteiger partial charge in [-0.1, -0.05) is 36.4 Å². The van der Waals surface area contributed by atoms with Gasteiger partial charge in [-0.3, -0.25) is 0 Å². The summed E-state index contributed by atoms with van der Waals surface area (Å²) in [5.41, 5.74) is 3.48. The van der Waals surface area contributed by atoms with Crippen molar-refractivity contribution >= 4 is 33.0 Å². The lowest BCUT2D eigenvalue weighted by Crippen LogP contribution is -1.75. The second-order valence-electron chi connectivity index (χ2n) is 4.64. The molecule has 0 saturated carbocycles. The van der Waals surface area contributed by atoms with Crippen molar-refractivity contribution < 1.29 is 0 Å². The van der Waals surface area contributed by atoms with Crippen LogP contribution in [0.15, 0.2) is 59.1 Å². The molecule has 3 aromatic rings. The molecule has 2 nitrogen and oxygen atoms in total. The number of nitrogens with zero attached hydrogens (tertiary/aromatic N) is 2. The van der Waals surface area contributed by atoms with Crippen molar-refractivity contribution in [1.82, 2.24) is 0 Å². The average molecular weight is 365 g/mol. The van der Waals surface area contributed by atoms with Crippen LogP contribution in [-0.2, 0) is 0 Å². The van der Waals surface area contributed by atoms with Crippen LogP contribution in [0.2, 0.25) is 0 Å². The van der Waals surface area contributed by atoms with E-state index in [0.29, 0.717) is 11.3 Å². The molecule has 3 rings (SSSR count). The number of thiophene rings is 1. The molecule has 0 aliphatic heterocycles. The predicted octanol–water partition coefficient (Wildman–Crippen LogP) is 6.27. The first kappa shape index (κ1) is 14.5. The minimum Gasteiger partial charge on any atom is -0.238 e. The first-order valence-electron chi connectivity index (χ1n) is 6.49. The lowest BCUT2D eigenvalue weighted by molar-refractivity contribution is 1.49. The first-order chi connectivity index (χ1) is 10.7. The van der Waals surface area contributed by atoms with E-state index >= 15 is 0 Å². The zero-order valence-electron chi connectivity index (χ0n) is 11.4. The molecule has 1 aromatic heterocycles. The lowest BCUT2D eigenvalue weighted by Gasteiger charge is -1.99. The molecule has 4 heteroatoms. The quantitative estimate of drug-likeness (QED) is 0.492. The highest BCUT2D eigenvalue weighted by molar-refractivity contribution is 9.10. The Hall–Kier alpha value is -2.40. The van der Waals surface area contributed by atoms with Crippen LogP contribution in [0.3, 0.4) is 0 Å². The fourth-order valence-electron chi connectivity index (χ4n) is 2.10. The molecule has 0 amide bonds. The predicted molar refractivity (Wildman–Crippen MR) is 93.9 cm³/mol. The summed E-state index contributed by atoms with van der Waals surface area (Å²) in [7, 11) is 0. The van der Waals surface area contributed by atoms with Crippen molar-refractivity contribution in [3.63, 3.8) is 0 Å². The van der Waals surface area contributed by atoms with E-state index < -0.39 is 0 Å². The maximum atomic E-state index is 8.87. The molecule has 0 N–H and O–H groups in total. The number of hydrogen-bond acceptors (Lipinski definition) is 2. The molecule has 2 aromatic carbocycles. The third kappa shape index (κ3) is 2.80. The second-order valence-corrected chi connectivity index (χ2v) is 6.54. The molecule has 1 heterocycles. The zero-order valence-corrected chi connectivity index (χ0v) is 13.8. The Bertz CT molecular complexity index is 894. The summed E-state index contributed by atoms with van der Waals surface area (Å²) >= 11 is 5.30.